The first-order chi connectivity index (χ1) is 13.7. The monoisotopic (exact) mass is 369 g/mol. The molecule has 0 unspecified atom stereocenters. The average Bonchev–Trinajstić information content (AvgIpc) is 3.08. The molecule has 5 heteroatoms. The van der Waals surface area contributed by atoms with Gasteiger partial charge in [-0.15, -0.1) is 0 Å². The van der Waals surface area contributed by atoms with Crippen molar-refractivity contribution in [2.24, 2.45) is 4.99 Å². The minimum absolute atomic E-state index is 0.0614. The van der Waals surface area contributed by atoms with Gasteiger partial charge in [0.05, 0.1) is 17.0 Å². The molecule has 1 amide bonds. The predicted octanol–water partition coefficient (Wildman–Crippen LogP) is 4.40. The molecule has 3 N–H and O–H groups in total. The predicted molar refractivity (Wildman–Crippen MR) is 112 cm³/mol. The van der Waals surface area contributed by atoms with Crippen LogP contribution in [0.5, 0.6) is 5.88 Å². The molecule has 4 rings (SSSR count). The molecule has 138 valence electrons. The third-order valence-corrected chi connectivity index (χ3v) is 4.55. The Bertz CT molecular complexity index is 1180. The van der Waals surface area contributed by atoms with E-state index in [9.17, 15) is 9.90 Å². The molecule has 0 aliphatic rings. The van der Waals surface area contributed by atoms with E-state index in [1.165, 1.54) is 0 Å². The molecule has 1 aromatic heterocycles. The Morgan fingerprint density at radius 1 is 0.929 bits per heavy atom. The summed E-state index contributed by atoms with van der Waals surface area (Å²) in [6.45, 7) is 0. The Balaban J connectivity index is 1.94. The summed E-state index contributed by atoms with van der Waals surface area (Å²) in [6.07, 6.45) is 0. The van der Waals surface area contributed by atoms with E-state index >= 15 is 0 Å². The molecular weight excluding hydrogens is 350 g/mol. The van der Waals surface area contributed by atoms with Crippen molar-refractivity contribution >= 4 is 28.2 Å². The maximum Gasteiger partial charge on any atom is 0.251 e. The normalized spacial score (nSPS) is 11.5. The van der Waals surface area contributed by atoms with Crippen molar-refractivity contribution in [3.05, 3.63) is 95.6 Å². The highest BCUT2D eigenvalue weighted by atomic mass is 16.3. The zero-order valence-electron chi connectivity index (χ0n) is 15.3. The van der Waals surface area contributed by atoms with Crippen molar-refractivity contribution in [2.75, 3.05) is 7.05 Å². The van der Waals surface area contributed by atoms with Gasteiger partial charge in [-0.3, -0.25) is 4.79 Å². The van der Waals surface area contributed by atoms with E-state index in [1.54, 1.807) is 25.2 Å². The lowest BCUT2D eigenvalue weighted by Gasteiger charge is -2.08. The Kier molecular flexibility index (Phi) is 4.64. The summed E-state index contributed by atoms with van der Waals surface area (Å²) in [7, 11) is 1.59. The number of hydrogen-bond donors (Lipinski definition) is 3. The van der Waals surface area contributed by atoms with E-state index in [0.29, 0.717) is 22.5 Å². The standard InChI is InChI=1S/C23H19N3O2/c1-24-22(27)16-10-7-11-17(14-16)25-21(15-8-3-2-4-9-15)20-18-12-5-6-13-19(18)26-23(20)28/h2-14,26,28H,1H3,(H,24,27). The highest BCUT2D eigenvalue weighted by molar-refractivity contribution is 6.21. The van der Waals surface area contributed by atoms with Crippen LogP contribution >= 0.6 is 0 Å². The van der Waals surface area contributed by atoms with Crippen molar-refractivity contribution in [3.63, 3.8) is 0 Å². The van der Waals surface area contributed by atoms with Crippen LogP contribution in [-0.2, 0) is 0 Å². The summed E-state index contributed by atoms with van der Waals surface area (Å²) in [6, 6.07) is 24.5. The number of carbonyl (C=O) groups is 1. The Morgan fingerprint density at radius 3 is 2.43 bits per heavy atom. The fraction of sp³-hybridized carbons (Fsp3) is 0.0435. The molecule has 0 saturated heterocycles. The molecule has 0 atom stereocenters. The van der Waals surface area contributed by atoms with Crippen molar-refractivity contribution in [1.82, 2.24) is 10.3 Å². The summed E-state index contributed by atoms with van der Waals surface area (Å²) in [5.74, 6) is -0.112. The number of aromatic amines is 1. The zero-order chi connectivity index (χ0) is 19.5. The van der Waals surface area contributed by atoms with E-state index in [0.717, 1.165) is 16.5 Å². The fourth-order valence-corrected chi connectivity index (χ4v) is 3.22. The quantitative estimate of drug-likeness (QED) is 0.466. The van der Waals surface area contributed by atoms with Crippen molar-refractivity contribution < 1.29 is 9.90 Å². The van der Waals surface area contributed by atoms with Crippen LogP contribution in [-0.4, -0.2) is 28.8 Å². The molecule has 0 aliphatic carbocycles. The molecule has 0 fully saturated rings. The number of nitrogens with one attached hydrogen (secondary N) is 2. The number of carbonyl (C=O) groups excluding carboxylic acids is 1. The van der Waals surface area contributed by atoms with Crippen LogP contribution in [0.1, 0.15) is 21.5 Å². The second-order valence-electron chi connectivity index (χ2n) is 6.35. The molecule has 0 bridgehead atoms. The number of para-hydroxylation sites is 1. The van der Waals surface area contributed by atoms with Gasteiger partial charge in [-0.05, 0) is 24.3 Å². The lowest BCUT2D eigenvalue weighted by molar-refractivity contribution is 0.0963. The third-order valence-electron chi connectivity index (χ3n) is 4.55. The van der Waals surface area contributed by atoms with Crippen LogP contribution in [0, 0.1) is 0 Å². The van der Waals surface area contributed by atoms with Crippen LogP contribution in [0.4, 0.5) is 5.69 Å². The minimum atomic E-state index is -0.173. The van der Waals surface area contributed by atoms with Gasteiger partial charge in [0.2, 0.25) is 0 Å². The van der Waals surface area contributed by atoms with Gasteiger partial charge in [0.15, 0.2) is 5.88 Å². The Hall–Kier alpha value is -3.86. The van der Waals surface area contributed by atoms with Crippen molar-refractivity contribution in [3.8, 4) is 5.88 Å². The van der Waals surface area contributed by atoms with Crippen LogP contribution in [0.25, 0.3) is 10.9 Å². The lowest BCUT2D eigenvalue weighted by atomic mass is 10.0. The number of fused-ring (bicyclic) bond motifs is 1. The van der Waals surface area contributed by atoms with E-state index in [2.05, 4.69) is 10.3 Å². The first-order valence-corrected chi connectivity index (χ1v) is 8.93. The summed E-state index contributed by atoms with van der Waals surface area (Å²) >= 11 is 0. The number of aliphatic imine (C=N–C) groups is 1. The van der Waals surface area contributed by atoms with Crippen molar-refractivity contribution in [1.29, 1.82) is 0 Å². The summed E-state index contributed by atoms with van der Waals surface area (Å²) < 4.78 is 0. The highest BCUT2D eigenvalue weighted by Gasteiger charge is 2.18. The summed E-state index contributed by atoms with van der Waals surface area (Å²) in [4.78, 5) is 19.8. The molecule has 3 aromatic carbocycles. The number of H-pyrrole nitrogens is 1. The molecule has 0 radical (unpaired) electrons. The van der Waals surface area contributed by atoms with E-state index in [4.69, 9.17) is 4.99 Å². The number of benzene rings is 3. The third kappa shape index (κ3) is 3.25. The number of aromatic nitrogens is 1. The van der Waals surface area contributed by atoms with Crippen LogP contribution in [0.3, 0.4) is 0 Å². The molecule has 4 aromatic rings. The van der Waals surface area contributed by atoms with Crippen molar-refractivity contribution in [2.45, 2.75) is 0 Å². The SMILES string of the molecule is CNC(=O)c1cccc(N=C(c2ccccc2)c2c(O)[nH]c3ccccc23)c1. The molecular formula is C23H19N3O2. The lowest BCUT2D eigenvalue weighted by Crippen LogP contribution is -2.17. The second kappa shape index (κ2) is 7.40. The summed E-state index contributed by atoms with van der Waals surface area (Å²) in [5.41, 5.74) is 4.12. The Labute approximate surface area is 162 Å². The smallest absolute Gasteiger partial charge is 0.251 e. The number of hydrogen-bond acceptors (Lipinski definition) is 3. The van der Waals surface area contributed by atoms with Gasteiger partial charge < -0.3 is 15.4 Å². The number of nitrogens with zero attached hydrogens (tertiary/aromatic N) is 1. The largest absolute Gasteiger partial charge is 0.494 e. The molecule has 28 heavy (non-hydrogen) atoms. The fourth-order valence-electron chi connectivity index (χ4n) is 3.22. The molecule has 0 aliphatic heterocycles. The molecule has 5 nitrogen and oxygen atoms in total. The molecule has 0 spiro atoms. The van der Waals surface area contributed by atoms with Gasteiger partial charge in [-0.25, -0.2) is 4.99 Å². The van der Waals surface area contributed by atoms with Gasteiger partial charge in [0.1, 0.15) is 0 Å². The minimum Gasteiger partial charge on any atom is -0.494 e. The first kappa shape index (κ1) is 17.5. The molecule has 1 heterocycles. The second-order valence-corrected chi connectivity index (χ2v) is 6.35. The van der Waals surface area contributed by atoms with Gasteiger partial charge in [0.25, 0.3) is 5.91 Å². The number of amides is 1. The van der Waals surface area contributed by atoms with Gasteiger partial charge >= 0.3 is 0 Å². The van der Waals surface area contributed by atoms with Gasteiger partial charge in [0, 0.05) is 29.1 Å². The number of rotatable bonds is 4. The summed E-state index contributed by atoms with van der Waals surface area (Å²) in [5, 5.41) is 14.1. The van der Waals surface area contributed by atoms with Crippen LogP contribution in [0.2, 0.25) is 0 Å². The van der Waals surface area contributed by atoms with Gasteiger partial charge in [-0.1, -0.05) is 54.6 Å². The van der Waals surface area contributed by atoms with E-state index in [1.807, 2.05) is 60.7 Å². The van der Waals surface area contributed by atoms with Crippen LogP contribution < -0.4 is 5.32 Å². The van der Waals surface area contributed by atoms with Gasteiger partial charge in [-0.2, -0.15) is 0 Å². The zero-order valence-corrected chi connectivity index (χ0v) is 15.3. The maximum atomic E-state index is 12.0. The maximum absolute atomic E-state index is 12.0. The average molecular weight is 369 g/mol. The van der Waals surface area contributed by atoms with Crippen LogP contribution in [0.15, 0.2) is 83.9 Å². The Morgan fingerprint density at radius 2 is 1.64 bits per heavy atom. The van der Waals surface area contributed by atoms with E-state index < -0.39 is 0 Å². The topological polar surface area (TPSA) is 77.5 Å². The van der Waals surface area contributed by atoms with E-state index in [-0.39, 0.29) is 11.8 Å². The highest BCUT2D eigenvalue weighted by Crippen LogP contribution is 2.31. The number of aromatic hydroxyl groups is 1. The molecule has 0 saturated carbocycles. The first-order valence-electron chi connectivity index (χ1n) is 8.93.